The number of alkyl halides is 3. The summed E-state index contributed by atoms with van der Waals surface area (Å²) in [5, 5.41) is 7.12. The van der Waals surface area contributed by atoms with E-state index in [1.54, 1.807) is 17.3 Å². The Kier molecular flexibility index (Phi) is 6.00. The number of carbonyl (C=O) groups is 3. The van der Waals surface area contributed by atoms with Crippen molar-refractivity contribution in [3.05, 3.63) is 29.6 Å². The van der Waals surface area contributed by atoms with Crippen LogP contribution in [0.1, 0.15) is 29.3 Å². The Morgan fingerprint density at radius 1 is 1.32 bits per heavy atom. The number of hydrogen-bond donors (Lipinski definition) is 1. The normalized spacial score (nSPS) is 24.4. The zero-order valence-electron chi connectivity index (χ0n) is 15.8. The minimum atomic E-state index is -5.08. The zero-order chi connectivity index (χ0) is 21.3. The molecule has 2 fully saturated rings. The van der Waals surface area contributed by atoms with Gasteiger partial charge in [-0.3, -0.25) is 14.6 Å². The van der Waals surface area contributed by atoms with Crippen LogP contribution in [0.2, 0.25) is 0 Å². The summed E-state index contributed by atoms with van der Waals surface area (Å²) in [5.41, 5.74) is 1.21. The van der Waals surface area contributed by atoms with Crippen molar-refractivity contribution in [3.63, 3.8) is 0 Å². The van der Waals surface area contributed by atoms with Crippen LogP contribution < -0.4 is 0 Å². The number of aryl methyl sites for hydroxylation is 1. The molecule has 3 heterocycles. The molecule has 0 radical (unpaired) electrons. The molecule has 1 N–H and O–H groups in total. The number of aliphatic carboxylic acids is 1. The molecule has 7 nitrogen and oxygen atoms in total. The lowest BCUT2D eigenvalue weighted by molar-refractivity contribution is -0.192. The summed E-state index contributed by atoms with van der Waals surface area (Å²) in [7, 11) is 1.85. The van der Waals surface area contributed by atoms with E-state index in [0.29, 0.717) is 18.7 Å². The van der Waals surface area contributed by atoms with Gasteiger partial charge in [0.15, 0.2) is 0 Å². The zero-order valence-corrected chi connectivity index (χ0v) is 15.8. The Labute approximate surface area is 160 Å². The van der Waals surface area contributed by atoms with Gasteiger partial charge in [-0.1, -0.05) is 6.92 Å². The third kappa shape index (κ3) is 4.26. The standard InChI is InChI=1S/C16H21N3O2.C2HF3O2/c1-11-6-13(8-17-7-11)14(20)19-9-12(2)16(10-19)4-5-18(3)15(16)21;3-2(4,5)1(6)7/h6-8,12H,4-5,9-10H2,1-3H3;(H,6,7)/t12-,16-;/m1./s1. The number of carboxylic acids is 1. The second-order valence-corrected chi connectivity index (χ2v) is 7.27. The number of halogens is 3. The van der Waals surface area contributed by atoms with Crippen molar-refractivity contribution in [3.8, 4) is 0 Å². The fourth-order valence-electron chi connectivity index (χ4n) is 3.64. The molecule has 1 spiro atoms. The van der Waals surface area contributed by atoms with Gasteiger partial charge in [-0.15, -0.1) is 0 Å². The minimum absolute atomic E-state index is 0.0164. The lowest BCUT2D eigenvalue weighted by atomic mass is 9.78. The number of likely N-dealkylation sites (tertiary alicyclic amines) is 2. The van der Waals surface area contributed by atoms with Gasteiger partial charge in [0.2, 0.25) is 5.91 Å². The summed E-state index contributed by atoms with van der Waals surface area (Å²) < 4.78 is 31.7. The summed E-state index contributed by atoms with van der Waals surface area (Å²) in [4.78, 5) is 41.7. The predicted molar refractivity (Wildman–Crippen MR) is 92.4 cm³/mol. The lowest BCUT2D eigenvalue weighted by Gasteiger charge is -2.25. The predicted octanol–water partition coefficient (Wildman–Crippen LogP) is 1.96. The van der Waals surface area contributed by atoms with Crippen LogP contribution in [0, 0.1) is 18.3 Å². The second-order valence-electron chi connectivity index (χ2n) is 7.27. The van der Waals surface area contributed by atoms with Crippen molar-refractivity contribution in [1.29, 1.82) is 0 Å². The molecule has 0 bridgehead atoms. The van der Waals surface area contributed by atoms with Gasteiger partial charge >= 0.3 is 12.1 Å². The van der Waals surface area contributed by atoms with E-state index in [2.05, 4.69) is 11.9 Å². The number of rotatable bonds is 1. The van der Waals surface area contributed by atoms with Crippen molar-refractivity contribution in [2.24, 2.45) is 11.3 Å². The van der Waals surface area contributed by atoms with Gasteiger partial charge in [0.05, 0.1) is 11.0 Å². The molecule has 2 aliphatic rings. The molecule has 0 aliphatic carbocycles. The monoisotopic (exact) mass is 401 g/mol. The maximum Gasteiger partial charge on any atom is 0.490 e. The number of aromatic nitrogens is 1. The van der Waals surface area contributed by atoms with Crippen LogP contribution in [0.5, 0.6) is 0 Å². The highest BCUT2D eigenvalue weighted by Crippen LogP contribution is 2.44. The van der Waals surface area contributed by atoms with Crippen molar-refractivity contribution < 1.29 is 32.7 Å². The molecule has 1 aromatic heterocycles. The number of nitrogens with zero attached hydrogens (tertiary/aromatic N) is 3. The molecular weight excluding hydrogens is 379 g/mol. The Hall–Kier alpha value is -2.65. The summed E-state index contributed by atoms with van der Waals surface area (Å²) in [6.45, 7) is 5.97. The van der Waals surface area contributed by atoms with E-state index in [0.717, 1.165) is 18.5 Å². The molecule has 3 rings (SSSR count). The number of pyridine rings is 1. The van der Waals surface area contributed by atoms with Crippen molar-refractivity contribution in [2.45, 2.75) is 26.4 Å². The summed E-state index contributed by atoms with van der Waals surface area (Å²) in [6, 6.07) is 1.85. The highest BCUT2D eigenvalue weighted by molar-refractivity contribution is 5.95. The largest absolute Gasteiger partial charge is 0.490 e. The maximum absolute atomic E-state index is 12.6. The minimum Gasteiger partial charge on any atom is -0.475 e. The van der Waals surface area contributed by atoms with Crippen LogP contribution >= 0.6 is 0 Å². The van der Waals surface area contributed by atoms with Crippen molar-refractivity contribution in [1.82, 2.24) is 14.8 Å². The Balaban J connectivity index is 0.000000345. The summed E-state index contributed by atoms with van der Waals surface area (Å²) in [6.07, 6.45) is -0.896. The third-order valence-corrected chi connectivity index (χ3v) is 5.23. The van der Waals surface area contributed by atoms with Gasteiger partial charge < -0.3 is 14.9 Å². The molecule has 154 valence electrons. The molecule has 1 aromatic rings. The van der Waals surface area contributed by atoms with Crippen molar-refractivity contribution in [2.75, 3.05) is 26.7 Å². The molecule has 2 amide bonds. The maximum atomic E-state index is 12.6. The molecule has 0 aromatic carbocycles. The van der Waals surface area contributed by atoms with Crippen LogP contribution in [-0.4, -0.2) is 70.5 Å². The number of carboxylic acid groups (broad SMARTS) is 1. The SMILES string of the molecule is Cc1cncc(C(=O)N2C[C@@H](C)[C@@]3(CCN(C)C3=O)C2)c1.O=C(O)C(F)(F)F. The number of carbonyl (C=O) groups excluding carboxylic acids is 2. The highest BCUT2D eigenvalue weighted by atomic mass is 19.4. The van der Waals surface area contributed by atoms with Crippen LogP contribution in [-0.2, 0) is 9.59 Å². The molecule has 2 saturated heterocycles. The molecular formula is C18H22F3N3O4. The van der Waals surface area contributed by atoms with E-state index in [-0.39, 0.29) is 23.1 Å². The average Bonchev–Trinajstić information content (AvgIpc) is 3.09. The third-order valence-electron chi connectivity index (χ3n) is 5.23. The van der Waals surface area contributed by atoms with Crippen LogP contribution in [0.25, 0.3) is 0 Å². The molecule has 2 atom stereocenters. The molecule has 10 heteroatoms. The fraction of sp³-hybridized carbons (Fsp3) is 0.556. The average molecular weight is 401 g/mol. The lowest BCUT2D eigenvalue weighted by Crippen LogP contribution is -2.39. The molecule has 2 aliphatic heterocycles. The first-order valence-electron chi connectivity index (χ1n) is 8.65. The van der Waals surface area contributed by atoms with E-state index in [1.165, 1.54) is 0 Å². The van der Waals surface area contributed by atoms with Crippen molar-refractivity contribution >= 4 is 17.8 Å². The van der Waals surface area contributed by atoms with E-state index in [1.807, 2.05) is 24.9 Å². The molecule has 0 unspecified atom stereocenters. The van der Waals surface area contributed by atoms with Crippen LogP contribution in [0.3, 0.4) is 0 Å². The van der Waals surface area contributed by atoms with Gasteiger partial charge in [0.25, 0.3) is 5.91 Å². The number of hydrogen-bond acceptors (Lipinski definition) is 4. The first kappa shape index (κ1) is 21.6. The Morgan fingerprint density at radius 2 is 1.93 bits per heavy atom. The summed E-state index contributed by atoms with van der Waals surface area (Å²) in [5.74, 6) is -2.38. The second kappa shape index (κ2) is 7.76. The van der Waals surface area contributed by atoms with E-state index >= 15 is 0 Å². The fourth-order valence-corrected chi connectivity index (χ4v) is 3.64. The Bertz CT molecular complexity index is 784. The van der Waals surface area contributed by atoms with Gasteiger partial charge in [-0.25, -0.2) is 4.79 Å². The van der Waals surface area contributed by atoms with E-state index in [4.69, 9.17) is 9.90 Å². The number of amides is 2. The van der Waals surface area contributed by atoms with E-state index < -0.39 is 12.1 Å². The van der Waals surface area contributed by atoms with Gasteiger partial charge in [0.1, 0.15) is 0 Å². The first-order valence-corrected chi connectivity index (χ1v) is 8.65. The van der Waals surface area contributed by atoms with Crippen LogP contribution in [0.4, 0.5) is 13.2 Å². The smallest absolute Gasteiger partial charge is 0.475 e. The highest BCUT2D eigenvalue weighted by Gasteiger charge is 2.55. The first-order chi connectivity index (χ1) is 12.9. The summed E-state index contributed by atoms with van der Waals surface area (Å²) >= 11 is 0. The Morgan fingerprint density at radius 3 is 2.39 bits per heavy atom. The van der Waals surface area contributed by atoms with Gasteiger partial charge in [0, 0.05) is 39.1 Å². The topological polar surface area (TPSA) is 90.8 Å². The van der Waals surface area contributed by atoms with Gasteiger partial charge in [-0.05, 0) is 30.9 Å². The van der Waals surface area contributed by atoms with Gasteiger partial charge in [-0.2, -0.15) is 13.2 Å². The quantitative estimate of drug-likeness (QED) is 0.777. The van der Waals surface area contributed by atoms with Crippen LogP contribution in [0.15, 0.2) is 18.5 Å². The molecule has 28 heavy (non-hydrogen) atoms. The van der Waals surface area contributed by atoms with E-state index in [9.17, 15) is 22.8 Å². The molecule has 0 saturated carbocycles.